The van der Waals surface area contributed by atoms with Crippen molar-refractivity contribution in [3.8, 4) is 0 Å². The molecule has 37 heavy (non-hydrogen) atoms. The quantitative estimate of drug-likeness (QED) is 0.131. The van der Waals surface area contributed by atoms with Gasteiger partial charge in [-0.1, -0.05) is 29.7 Å². The van der Waals surface area contributed by atoms with Gasteiger partial charge in [-0.05, 0) is 49.5 Å². The normalized spacial score (nSPS) is 11.4. The van der Waals surface area contributed by atoms with Gasteiger partial charge in [-0.3, -0.25) is 9.59 Å². The molecule has 0 atom stereocenters. The Morgan fingerprint density at radius 2 is 1.86 bits per heavy atom. The monoisotopic (exact) mass is 523 g/mol. The number of rotatable bonds is 15. The summed E-state index contributed by atoms with van der Waals surface area (Å²) < 4.78 is 12.3. The average molecular weight is 524 g/mol. The molecule has 1 heterocycles. The maximum atomic E-state index is 13.4. The van der Waals surface area contributed by atoms with Crippen molar-refractivity contribution in [3.63, 3.8) is 0 Å². The zero-order valence-electron chi connectivity index (χ0n) is 22.7. The Kier molecular flexibility index (Phi) is 11.3. The van der Waals surface area contributed by atoms with Crippen LogP contribution in [-0.2, 0) is 22.6 Å². The first-order valence-corrected chi connectivity index (χ1v) is 13.6. The molecule has 7 nitrogen and oxygen atoms in total. The lowest BCUT2D eigenvalue weighted by atomic mass is 9.90. The number of aromatic nitrogens is 1. The van der Waals surface area contributed by atoms with Crippen molar-refractivity contribution in [1.82, 2.24) is 9.47 Å². The highest BCUT2D eigenvalue weighted by molar-refractivity contribution is 7.99. The van der Waals surface area contributed by atoms with E-state index >= 15 is 0 Å². The van der Waals surface area contributed by atoms with Gasteiger partial charge < -0.3 is 23.8 Å². The predicted octanol–water partition coefficient (Wildman–Crippen LogP) is 2.42. The third-order valence-corrected chi connectivity index (χ3v) is 7.62. The van der Waals surface area contributed by atoms with Crippen LogP contribution in [-0.4, -0.2) is 84.0 Å². The number of carbonyl (C=O) groups is 1. The number of anilines is 1. The number of methoxy groups -OCH3 is 1. The van der Waals surface area contributed by atoms with Crippen LogP contribution in [0.2, 0.25) is 0 Å². The number of ether oxygens (including phenoxy) is 2. The standard InChI is InChI=1S/C28H38BN3O4S/c1-30(2)22-10-11-23-26(18-22)32(13-14-36-16-15-35-4)28(34)24(20-33)27(23)37-17-7-12-31(3)19-21-8-5-6-9-25(21)29/h5-6,8-11,18,20H,7,12-17,19,29H2,1-4H3. The van der Waals surface area contributed by atoms with E-state index in [0.717, 1.165) is 46.7 Å². The highest BCUT2D eigenvalue weighted by Crippen LogP contribution is 2.32. The summed E-state index contributed by atoms with van der Waals surface area (Å²) in [6, 6.07) is 14.5. The minimum atomic E-state index is -0.270. The molecule has 0 radical (unpaired) electrons. The van der Waals surface area contributed by atoms with E-state index in [2.05, 4.69) is 44.1 Å². The number of thioether (sulfide) groups is 1. The summed E-state index contributed by atoms with van der Waals surface area (Å²) in [6.45, 7) is 3.51. The molecule has 0 aliphatic heterocycles. The minimum Gasteiger partial charge on any atom is -0.382 e. The van der Waals surface area contributed by atoms with Gasteiger partial charge in [-0.25, -0.2) is 0 Å². The molecule has 0 bridgehead atoms. The van der Waals surface area contributed by atoms with Gasteiger partial charge in [0.15, 0.2) is 6.29 Å². The minimum absolute atomic E-state index is 0.222. The third-order valence-electron chi connectivity index (χ3n) is 6.39. The van der Waals surface area contributed by atoms with Gasteiger partial charge in [-0.2, -0.15) is 0 Å². The summed E-state index contributed by atoms with van der Waals surface area (Å²) in [5.74, 6) is 0.813. The van der Waals surface area contributed by atoms with Gasteiger partial charge in [0, 0.05) is 50.3 Å². The lowest BCUT2D eigenvalue weighted by Gasteiger charge is -2.20. The molecule has 3 rings (SSSR count). The number of hydrogen-bond donors (Lipinski definition) is 0. The lowest BCUT2D eigenvalue weighted by Crippen LogP contribution is -2.27. The Morgan fingerprint density at radius 1 is 1.08 bits per heavy atom. The largest absolute Gasteiger partial charge is 0.382 e. The fourth-order valence-corrected chi connectivity index (χ4v) is 5.35. The van der Waals surface area contributed by atoms with Gasteiger partial charge in [0.25, 0.3) is 5.56 Å². The summed E-state index contributed by atoms with van der Waals surface area (Å²) in [5.41, 5.74) is 4.39. The van der Waals surface area contributed by atoms with Crippen LogP contribution < -0.4 is 15.9 Å². The number of fused-ring (bicyclic) bond motifs is 1. The van der Waals surface area contributed by atoms with Gasteiger partial charge in [0.1, 0.15) is 7.85 Å². The predicted molar refractivity (Wildman–Crippen MR) is 157 cm³/mol. The average Bonchev–Trinajstić information content (AvgIpc) is 2.88. The number of carbonyl (C=O) groups excluding carboxylic acids is 1. The third kappa shape index (κ3) is 7.71. The first-order valence-electron chi connectivity index (χ1n) is 12.6. The molecule has 0 N–H and O–H groups in total. The van der Waals surface area contributed by atoms with E-state index in [1.807, 2.05) is 37.2 Å². The van der Waals surface area contributed by atoms with Crippen LogP contribution in [0, 0.1) is 0 Å². The first kappa shape index (κ1) is 29.0. The molecule has 198 valence electrons. The summed E-state index contributed by atoms with van der Waals surface area (Å²) in [4.78, 5) is 30.6. The van der Waals surface area contributed by atoms with Gasteiger partial charge >= 0.3 is 0 Å². The zero-order chi connectivity index (χ0) is 26.8. The number of pyridine rings is 1. The molecular weight excluding hydrogens is 485 g/mol. The van der Waals surface area contributed by atoms with E-state index in [1.165, 1.54) is 11.0 Å². The van der Waals surface area contributed by atoms with Crippen molar-refractivity contribution in [3.05, 3.63) is 63.9 Å². The number of nitrogens with zero attached hydrogens (tertiary/aromatic N) is 3. The number of aldehydes is 1. The van der Waals surface area contributed by atoms with E-state index < -0.39 is 0 Å². The SMILES string of the molecule is Bc1ccccc1CN(C)CCCSc1c(C=O)c(=O)n(CCOCCOC)c2cc(N(C)C)ccc12. The Balaban J connectivity index is 1.79. The van der Waals surface area contributed by atoms with E-state index in [0.29, 0.717) is 32.7 Å². The van der Waals surface area contributed by atoms with Crippen molar-refractivity contribution in [1.29, 1.82) is 0 Å². The summed E-state index contributed by atoms with van der Waals surface area (Å²) >= 11 is 1.59. The summed E-state index contributed by atoms with van der Waals surface area (Å²) in [7, 11) is 9.84. The second kappa shape index (κ2) is 14.4. The van der Waals surface area contributed by atoms with E-state index in [4.69, 9.17) is 9.47 Å². The van der Waals surface area contributed by atoms with Crippen LogP contribution >= 0.6 is 11.8 Å². The molecule has 0 aliphatic rings. The molecular formula is C28H38BN3O4S. The number of hydrogen-bond acceptors (Lipinski definition) is 7. The molecule has 0 aliphatic carbocycles. The van der Waals surface area contributed by atoms with Crippen LogP contribution in [0.15, 0.2) is 52.2 Å². The fourth-order valence-electron chi connectivity index (χ4n) is 4.26. The summed E-state index contributed by atoms with van der Waals surface area (Å²) in [5, 5.41) is 0.919. The van der Waals surface area contributed by atoms with Crippen LogP contribution in [0.5, 0.6) is 0 Å². The van der Waals surface area contributed by atoms with Crippen molar-refractivity contribution in [2.45, 2.75) is 24.4 Å². The Hall–Kier alpha value is -2.59. The molecule has 0 saturated carbocycles. The molecule has 3 aromatic rings. The number of benzene rings is 2. The first-order chi connectivity index (χ1) is 17.9. The van der Waals surface area contributed by atoms with Crippen molar-refractivity contribution >= 4 is 47.9 Å². The molecule has 1 aromatic heterocycles. The maximum absolute atomic E-state index is 13.4. The van der Waals surface area contributed by atoms with Crippen molar-refractivity contribution in [2.24, 2.45) is 0 Å². The molecule has 2 aromatic carbocycles. The van der Waals surface area contributed by atoms with Crippen LogP contribution in [0.3, 0.4) is 0 Å². The second-order valence-corrected chi connectivity index (χ2v) is 10.5. The van der Waals surface area contributed by atoms with Gasteiger partial charge in [0.2, 0.25) is 0 Å². The Labute approximate surface area is 225 Å². The van der Waals surface area contributed by atoms with Gasteiger partial charge in [0.05, 0.1) is 30.9 Å². The topological polar surface area (TPSA) is 64.0 Å². The molecule has 9 heteroatoms. The zero-order valence-corrected chi connectivity index (χ0v) is 23.5. The van der Waals surface area contributed by atoms with Crippen molar-refractivity contribution < 1.29 is 14.3 Å². The molecule has 0 unspecified atom stereocenters. The second-order valence-electron chi connectivity index (χ2n) is 9.38. The Bertz CT molecular complexity index is 1250. The smallest absolute Gasteiger partial charge is 0.262 e. The fraction of sp³-hybridized carbons (Fsp3) is 0.429. The lowest BCUT2D eigenvalue weighted by molar-refractivity contribution is 0.0666. The Morgan fingerprint density at radius 3 is 2.57 bits per heavy atom. The van der Waals surface area contributed by atoms with Crippen LogP contribution in [0.25, 0.3) is 10.9 Å². The maximum Gasteiger partial charge on any atom is 0.262 e. The highest BCUT2D eigenvalue weighted by Gasteiger charge is 2.18. The molecule has 0 spiro atoms. The highest BCUT2D eigenvalue weighted by atomic mass is 32.2. The van der Waals surface area contributed by atoms with Crippen molar-refractivity contribution in [2.75, 3.05) is 65.3 Å². The van der Waals surface area contributed by atoms with Gasteiger partial charge in [-0.15, -0.1) is 11.8 Å². The van der Waals surface area contributed by atoms with E-state index in [1.54, 1.807) is 23.4 Å². The summed E-state index contributed by atoms with van der Waals surface area (Å²) in [6.07, 6.45) is 1.65. The van der Waals surface area contributed by atoms with E-state index in [-0.39, 0.29) is 11.1 Å². The molecule has 0 amide bonds. The van der Waals surface area contributed by atoms with Crippen LogP contribution in [0.1, 0.15) is 22.3 Å². The van der Waals surface area contributed by atoms with E-state index in [9.17, 15) is 9.59 Å². The molecule has 0 fully saturated rings. The molecule has 0 saturated heterocycles. The van der Waals surface area contributed by atoms with Crippen LogP contribution in [0.4, 0.5) is 5.69 Å².